The van der Waals surface area contributed by atoms with E-state index in [-0.39, 0.29) is 5.91 Å². The minimum absolute atomic E-state index is 0.204. The van der Waals surface area contributed by atoms with Gasteiger partial charge in [-0.25, -0.2) is 0 Å². The van der Waals surface area contributed by atoms with Crippen molar-refractivity contribution in [1.29, 1.82) is 0 Å². The number of carbonyl (C=O) groups is 1. The quantitative estimate of drug-likeness (QED) is 0.912. The third kappa shape index (κ3) is 2.49. The van der Waals surface area contributed by atoms with Crippen molar-refractivity contribution in [2.75, 3.05) is 24.8 Å². The summed E-state index contributed by atoms with van der Waals surface area (Å²) in [6, 6.07) is 8.91. The summed E-state index contributed by atoms with van der Waals surface area (Å²) in [6.07, 6.45) is 3.00. The normalized spacial score (nSPS) is 10.0. The molecule has 19 heavy (non-hydrogen) atoms. The van der Waals surface area contributed by atoms with Crippen LogP contribution in [0.15, 0.2) is 42.7 Å². The summed E-state index contributed by atoms with van der Waals surface area (Å²) in [6.45, 7) is 0. The number of hydrogen-bond donors (Lipinski definition) is 1. The molecule has 0 aliphatic heterocycles. The molecule has 0 saturated heterocycles. The van der Waals surface area contributed by atoms with E-state index < -0.39 is 0 Å². The maximum Gasteiger partial charge on any atom is 0.260 e. The van der Waals surface area contributed by atoms with Gasteiger partial charge in [-0.2, -0.15) is 0 Å². The molecule has 0 fully saturated rings. The average Bonchev–Trinajstić information content (AvgIpc) is 2.46. The first-order chi connectivity index (χ1) is 9.15. The largest absolute Gasteiger partial charge is 0.495 e. The minimum Gasteiger partial charge on any atom is -0.495 e. The second kappa shape index (κ2) is 5.39. The molecule has 0 unspecified atom stereocenters. The van der Waals surface area contributed by atoms with E-state index in [0.29, 0.717) is 22.7 Å². The lowest BCUT2D eigenvalue weighted by molar-refractivity contribution is 0.0993. The van der Waals surface area contributed by atoms with Gasteiger partial charge in [0, 0.05) is 13.2 Å². The maximum atomic E-state index is 12.4. The van der Waals surface area contributed by atoms with Gasteiger partial charge in [-0.05, 0) is 18.2 Å². The minimum atomic E-state index is -0.204. The van der Waals surface area contributed by atoms with Gasteiger partial charge in [-0.3, -0.25) is 9.78 Å². The van der Waals surface area contributed by atoms with E-state index >= 15 is 0 Å². The van der Waals surface area contributed by atoms with E-state index in [1.165, 1.54) is 11.1 Å². The van der Waals surface area contributed by atoms with Crippen molar-refractivity contribution in [3.05, 3.63) is 48.3 Å². The zero-order valence-corrected chi connectivity index (χ0v) is 10.8. The molecule has 1 aromatic heterocycles. The Labute approximate surface area is 111 Å². The van der Waals surface area contributed by atoms with Gasteiger partial charge < -0.3 is 15.4 Å². The highest BCUT2D eigenvalue weighted by atomic mass is 16.5. The molecule has 5 nitrogen and oxygen atoms in total. The molecule has 1 amide bonds. The third-order valence-corrected chi connectivity index (χ3v) is 2.83. The second-order valence-corrected chi connectivity index (χ2v) is 4.00. The van der Waals surface area contributed by atoms with Gasteiger partial charge in [-0.15, -0.1) is 0 Å². The van der Waals surface area contributed by atoms with Crippen LogP contribution < -0.4 is 15.4 Å². The number of nitrogens with zero attached hydrogens (tertiary/aromatic N) is 2. The summed E-state index contributed by atoms with van der Waals surface area (Å²) < 4.78 is 5.25. The van der Waals surface area contributed by atoms with Gasteiger partial charge in [0.15, 0.2) is 0 Å². The van der Waals surface area contributed by atoms with Crippen LogP contribution in [0.2, 0.25) is 0 Å². The summed E-state index contributed by atoms with van der Waals surface area (Å²) in [4.78, 5) is 17.8. The van der Waals surface area contributed by atoms with Crippen molar-refractivity contribution in [1.82, 2.24) is 4.98 Å². The van der Waals surface area contributed by atoms with Crippen LogP contribution >= 0.6 is 0 Å². The molecule has 0 bridgehead atoms. The molecule has 0 saturated carbocycles. The Hall–Kier alpha value is -2.56. The van der Waals surface area contributed by atoms with Gasteiger partial charge in [0.05, 0.1) is 30.2 Å². The molecule has 5 heteroatoms. The Morgan fingerprint density at radius 2 is 2.05 bits per heavy atom. The first-order valence-corrected chi connectivity index (χ1v) is 5.75. The summed E-state index contributed by atoms with van der Waals surface area (Å²) in [5, 5.41) is 0. The standard InChI is InChI=1S/C14H15N3O2/c1-17(12-5-3-4-6-13(12)19-2)14(18)10-7-8-16-9-11(10)15/h3-9H,15H2,1-2H3. The number of para-hydroxylation sites is 2. The third-order valence-electron chi connectivity index (χ3n) is 2.83. The van der Waals surface area contributed by atoms with Crippen molar-refractivity contribution in [3.8, 4) is 5.75 Å². The number of amides is 1. The average molecular weight is 257 g/mol. The Bertz CT molecular complexity index is 599. The SMILES string of the molecule is COc1ccccc1N(C)C(=O)c1ccncc1N. The predicted octanol–water partition coefficient (Wildman–Crippen LogP) is 1.95. The molecule has 2 N–H and O–H groups in total. The summed E-state index contributed by atoms with van der Waals surface area (Å²) in [5.41, 5.74) is 7.23. The van der Waals surface area contributed by atoms with Crippen molar-refractivity contribution >= 4 is 17.3 Å². The fourth-order valence-corrected chi connectivity index (χ4v) is 1.80. The summed E-state index contributed by atoms with van der Waals surface area (Å²) >= 11 is 0. The van der Waals surface area contributed by atoms with Crippen molar-refractivity contribution in [2.24, 2.45) is 0 Å². The number of benzene rings is 1. The molecule has 0 aliphatic rings. The van der Waals surface area contributed by atoms with Crippen LogP contribution in [0, 0.1) is 0 Å². The van der Waals surface area contributed by atoms with Gasteiger partial charge in [-0.1, -0.05) is 12.1 Å². The molecule has 0 atom stereocenters. The van der Waals surface area contributed by atoms with Crippen molar-refractivity contribution in [2.45, 2.75) is 0 Å². The summed E-state index contributed by atoms with van der Waals surface area (Å²) in [7, 11) is 3.25. The van der Waals surface area contributed by atoms with Crippen LogP contribution in [0.3, 0.4) is 0 Å². The Balaban J connectivity index is 2.37. The smallest absolute Gasteiger partial charge is 0.260 e. The molecule has 2 rings (SSSR count). The Kier molecular flexibility index (Phi) is 3.66. The first-order valence-electron chi connectivity index (χ1n) is 5.75. The van der Waals surface area contributed by atoms with Crippen LogP contribution in [0.4, 0.5) is 11.4 Å². The van der Waals surface area contributed by atoms with E-state index in [4.69, 9.17) is 10.5 Å². The van der Waals surface area contributed by atoms with Crippen molar-refractivity contribution < 1.29 is 9.53 Å². The molecule has 1 aromatic carbocycles. The molecule has 0 radical (unpaired) electrons. The molecule has 0 aliphatic carbocycles. The van der Waals surface area contributed by atoms with Crippen molar-refractivity contribution in [3.63, 3.8) is 0 Å². The van der Waals surface area contributed by atoms with Crippen LogP contribution in [0.25, 0.3) is 0 Å². The fraction of sp³-hybridized carbons (Fsp3) is 0.143. The summed E-state index contributed by atoms with van der Waals surface area (Å²) in [5.74, 6) is 0.426. The topological polar surface area (TPSA) is 68.5 Å². The number of methoxy groups -OCH3 is 1. The van der Waals surface area contributed by atoms with Gasteiger partial charge in [0.2, 0.25) is 0 Å². The Morgan fingerprint density at radius 3 is 2.74 bits per heavy atom. The van der Waals surface area contributed by atoms with E-state index in [0.717, 1.165) is 0 Å². The number of nitrogens with two attached hydrogens (primary N) is 1. The zero-order valence-electron chi connectivity index (χ0n) is 10.8. The monoisotopic (exact) mass is 257 g/mol. The lowest BCUT2D eigenvalue weighted by Gasteiger charge is -2.20. The molecule has 1 heterocycles. The van der Waals surface area contributed by atoms with Crippen LogP contribution in [0.5, 0.6) is 5.75 Å². The molecule has 98 valence electrons. The van der Waals surface area contributed by atoms with Gasteiger partial charge in [0.1, 0.15) is 5.75 Å². The number of hydrogen-bond acceptors (Lipinski definition) is 4. The van der Waals surface area contributed by atoms with Gasteiger partial charge in [0.25, 0.3) is 5.91 Å². The number of nitrogen functional groups attached to an aromatic ring is 1. The highest BCUT2D eigenvalue weighted by molar-refractivity contribution is 6.09. The lowest BCUT2D eigenvalue weighted by Crippen LogP contribution is -2.27. The molecular formula is C14H15N3O2. The number of ether oxygens (including phenoxy) is 1. The van der Waals surface area contributed by atoms with Crippen LogP contribution in [0.1, 0.15) is 10.4 Å². The molecule has 0 spiro atoms. The van der Waals surface area contributed by atoms with E-state index in [9.17, 15) is 4.79 Å². The number of aromatic nitrogens is 1. The van der Waals surface area contributed by atoms with E-state index in [2.05, 4.69) is 4.98 Å². The van der Waals surface area contributed by atoms with E-state index in [1.54, 1.807) is 32.5 Å². The highest BCUT2D eigenvalue weighted by Gasteiger charge is 2.18. The van der Waals surface area contributed by atoms with Crippen LogP contribution in [-0.2, 0) is 0 Å². The number of carbonyl (C=O) groups excluding carboxylic acids is 1. The van der Waals surface area contributed by atoms with E-state index in [1.807, 2.05) is 18.2 Å². The number of pyridine rings is 1. The number of anilines is 2. The van der Waals surface area contributed by atoms with Crippen LogP contribution in [-0.4, -0.2) is 25.0 Å². The Morgan fingerprint density at radius 1 is 1.32 bits per heavy atom. The predicted molar refractivity (Wildman–Crippen MR) is 74.4 cm³/mol. The molecular weight excluding hydrogens is 242 g/mol. The second-order valence-electron chi connectivity index (χ2n) is 4.00. The maximum absolute atomic E-state index is 12.4. The molecule has 2 aromatic rings. The first kappa shape index (κ1) is 12.9. The zero-order chi connectivity index (χ0) is 13.8. The highest BCUT2D eigenvalue weighted by Crippen LogP contribution is 2.28. The lowest BCUT2D eigenvalue weighted by atomic mass is 10.2. The fourth-order valence-electron chi connectivity index (χ4n) is 1.80. The van der Waals surface area contributed by atoms with Gasteiger partial charge >= 0.3 is 0 Å². The number of rotatable bonds is 3.